The average molecular weight is 652 g/mol. The summed E-state index contributed by atoms with van der Waals surface area (Å²) in [7, 11) is 0. The summed E-state index contributed by atoms with van der Waals surface area (Å²) >= 11 is 8.89. The van der Waals surface area contributed by atoms with Crippen molar-refractivity contribution in [1.29, 1.82) is 0 Å². The fraction of sp³-hybridized carbons (Fsp3) is 0. The Kier molecular flexibility index (Phi) is 7.04. The highest BCUT2D eigenvalue weighted by Crippen LogP contribution is 2.46. The fourth-order valence-electron chi connectivity index (χ4n) is 6.44. The van der Waals surface area contributed by atoms with Crippen molar-refractivity contribution in [3.05, 3.63) is 163 Å². The van der Waals surface area contributed by atoms with Gasteiger partial charge >= 0.3 is 0 Å². The van der Waals surface area contributed by atoms with E-state index in [1.165, 1.54) is 36.5 Å². The number of hydrogen-bond acceptors (Lipinski definition) is 4. The highest BCUT2D eigenvalue weighted by molar-refractivity contribution is 7.26. The van der Waals surface area contributed by atoms with Crippen molar-refractivity contribution >= 4 is 53.9 Å². The van der Waals surface area contributed by atoms with Crippen LogP contribution in [0.5, 0.6) is 0 Å². The molecule has 7 aromatic carbocycles. The lowest BCUT2D eigenvalue weighted by Crippen LogP contribution is -2.00. The minimum atomic E-state index is 0.594. The normalized spacial score (nSPS) is 11.4. The zero-order valence-corrected chi connectivity index (χ0v) is 27.2. The largest absolute Gasteiger partial charge is 0.208 e. The molecule has 0 atom stereocenters. The van der Waals surface area contributed by atoms with E-state index in [2.05, 4.69) is 109 Å². The SMILES string of the molecule is Clc1ccc(-c2nc(-c3ccccc3)nc(-c3ccc(-c4ccccc4)cc3)n2)cc1-c1cc2ccccc2c2sc3ccccc3c12. The van der Waals surface area contributed by atoms with E-state index in [-0.39, 0.29) is 0 Å². The van der Waals surface area contributed by atoms with E-state index in [1.807, 2.05) is 59.9 Å². The predicted molar refractivity (Wildman–Crippen MR) is 202 cm³/mol. The van der Waals surface area contributed by atoms with Crippen LogP contribution in [0.2, 0.25) is 5.02 Å². The lowest BCUT2D eigenvalue weighted by molar-refractivity contribution is 1.07. The standard InChI is InChI=1S/C43H26ClN3S/c44-37-24-23-32(26-35(37)36-25-31-15-7-8-16-33(31)40-39(36)34-17-9-10-18-38(34)48-40)43-46-41(29-13-5-2-6-14-29)45-42(47-43)30-21-19-28(20-22-30)27-11-3-1-4-12-27/h1-26H. The summed E-state index contributed by atoms with van der Waals surface area (Å²) in [5.41, 5.74) is 7.08. The molecule has 0 spiro atoms. The molecule has 0 amide bonds. The van der Waals surface area contributed by atoms with Crippen molar-refractivity contribution in [3.63, 3.8) is 0 Å². The molecule has 0 fully saturated rings. The van der Waals surface area contributed by atoms with Gasteiger partial charge in [0.15, 0.2) is 17.5 Å². The van der Waals surface area contributed by atoms with Crippen LogP contribution in [0.15, 0.2) is 158 Å². The molecule has 0 N–H and O–H groups in total. The summed E-state index contributed by atoms with van der Waals surface area (Å²) in [6.07, 6.45) is 0. The van der Waals surface area contributed by atoms with Crippen LogP contribution < -0.4 is 0 Å². The molecule has 2 heterocycles. The van der Waals surface area contributed by atoms with Crippen LogP contribution in [0.4, 0.5) is 0 Å². The van der Waals surface area contributed by atoms with Crippen molar-refractivity contribution in [2.24, 2.45) is 0 Å². The first-order valence-electron chi connectivity index (χ1n) is 15.8. The maximum absolute atomic E-state index is 7.06. The molecular formula is C43H26ClN3S. The summed E-state index contributed by atoms with van der Waals surface area (Å²) in [5.74, 6) is 1.83. The van der Waals surface area contributed by atoms with Gasteiger partial charge in [-0.05, 0) is 57.8 Å². The van der Waals surface area contributed by atoms with Gasteiger partial charge in [-0.3, -0.25) is 0 Å². The molecule has 0 bridgehead atoms. The Hall–Kier alpha value is -5.68. The molecule has 48 heavy (non-hydrogen) atoms. The highest BCUT2D eigenvalue weighted by atomic mass is 35.5. The van der Waals surface area contributed by atoms with Crippen molar-refractivity contribution in [3.8, 4) is 56.4 Å². The molecule has 0 radical (unpaired) electrons. The van der Waals surface area contributed by atoms with Crippen LogP contribution in [0.3, 0.4) is 0 Å². The maximum Gasteiger partial charge on any atom is 0.164 e. The minimum absolute atomic E-state index is 0.594. The van der Waals surface area contributed by atoms with E-state index in [9.17, 15) is 0 Å². The van der Waals surface area contributed by atoms with Crippen LogP contribution in [-0.2, 0) is 0 Å². The molecule has 0 saturated carbocycles. The Morgan fingerprint density at radius 3 is 1.67 bits per heavy atom. The van der Waals surface area contributed by atoms with E-state index in [1.54, 1.807) is 0 Å². The van der Waals surface area contributed by atoms with Crippen LogP contribution >= 0.6 is 22.9 Å². The van der Waals surface area contributed by atoms with E-state index < -0.39 is 0 Å². The molecular weight excluding hydrogens is 626 g/mol. The second-order valence-corrected chi connectivity index (χ2v) is 13.2. The summed E-state index contributed by atoms with van der Waals surface area (Å²) in [4.78, 5) is 15.0. The van der Waals surface area contributed by atoms with E-state index in [0.717, 1.165) is 33.4 Å². The molecule has 0 aliphatic rings. The third kappa shape index (κ3) is 5.03. The van der Waals surface area contributed by atoms with Gasteiger partial charge in [0.1, 0.15) is 0 Å². The third-order valence-electron chi connectivity index (χ3n) is 8.80. The Bertz CT molecular complexity index is 2610. The fourth-order valence-corrected chi connectivity index (χ4v) is 7.92. The topological polar surface area (TPSA) is 38.7 Å². The number of halogens is 1. The van der Waals surface area contributed by atoms with Gasteiger partial charge in [-0.25, -0.2) is 15.0 Å². The Labute approximate surface area is 286 Å². The van der Waals surface area contributed by atoms with Gasteiger partial charge in [0, 0.05) is 47.4 Å². The predicted octanol–water partition coefficient (Wildman–Crippen LogP) is 12.4. The number of aromatic nitrogens is 3. The maximum atomic E-state index is 7.06. The number of hydrogen-bond donors (Lipinski definition) is 0. The quantitative estimate of drug-likeness (QED) is 0.186. The molecule has 226 valence electrons. The summed E-state index contributed by atoms with van der Waals surface area (Å²) in [5, 5.41) is 5.55. The molecule has 9 aromatic rings. The van der Waals surface area contributed by atoms with Gasteiger partial charge in [0.25, 0.3) is 0 Å². The Balaban J connectivity index is 1.23. The zero-order valence-electron chi connectivity index (χ0n) is 25.6. The van der Waals surface area contributed by atoms with Gasteiger partial charge in [-0.2, -0.15) is 0 Å². The number of nitrogens with zero attached hydrogens (tertiary/aromatic N) is 3. The zero-order chi connectivity index (χ0) is 32.0. The second-order valence-electron chi connectivity index (χ2n) is 11.8. The minimum Gasteiger partial charge on any atom is -0.208 e. The molecule has 0 aliphatic heterocycles. The molecule has 3 nitrogen and oxygen atoms in total. The number of fused-ring (bicyclic) bond motifs is 5. The van der Waals surface area contributed by atoms with Crippen LogP contribution in [0, 0.1) is 0 Å². The van der Waals surface area contributed by atoms with Gasteiger partial charge in [-0.15, -0.1) is 11.3 Å². The highest BCUT2D eigenvalue weighted by Gasteiger charge is 2.19. The van der Waals surface area contributed by atoms with Gasteiger partial charge in [0.2, 0.25) is 0 Å². The number of rotatable bonds is 5. The molecule has 5 heteroatoms. The van der Waals surface area contributed by atoms with E-state index >= 15 is 0 Å². The third-order valence-corrected chi connectivity index (χ3v) is 10.3. The number of thiophene rings is 1. The summed E-state index contributed by atoms with van der Waals surface area (Å²) < 4.78 is 2.52. The van der Waals surface area contributed by atoms with Crippen LogP contribution in [0.25, 0.3) is 87.4 Å². The van der Waals surface area contributed by atoms with Crippen molar-refractivity contribution in [2.45, 2.75) is 0 Å². The molecule has 0 unspecified atom stereocenters. The van der Waals surface area contributed by atoms with Gasteiger partial charge < -0.3 is 0 Å². The monoisotopic (exact) mass is 651 g/mol. The van der Waals surface area contributed by atoms with Crippen LogP contribution in [0.1, 0.15) is 0 Å². The number of benzene rings is 7. The lowest BCUT2D eigenvalue weighted by Gasteiger charge is -2.13. The smallest absolute Gasteiger partial charge is 0.164 e. The van der Waals surface area contributed by atoms with Gasteiger partial charge in [0.05, 0.1) is 0 Å². The summed E-state index contributed by atoms with van der Waals surface area (Å²) in [6, 6.07) is 54.4. The molecule has 0 saturated heterocycles. The van der Waals surface area contributed by atoms with Crippen LogP contribution in [-0.4, -0.2) is 15.0 Å². The van der Waals surface area contributed by atoms with E-state index in [0.29, 0.717) is 22.5 Å². The van der Waals surface area contributed by atoms with E-state index in [4.69, 9.17) is 26.6 Å². The van der Waals surface area contributed by atoms with Crippen molar-refractivity contribution < 1.29 is 0 Å². The molecule has 9 rings (SSSR count). The Morgan fingerprint density at radius 2 is 0.938 bits per heavy atom. The first-order chi connectivity index (χ1) is 23.7. The average Bonchev–Trinajstić information content (AvgIpc) is 3.56. The first-order valence-corrected chi connectivity index (χ1v) is 17.0. The Morgan fingerprint density at radius 1 is 0.417 bits per heavy atom. The second kappa shape index (κ2) is 11.8. The van der Waals surface area contributed by atoms with Gasteiger partial charge in [-0.1, -0.05) is 139 Å². The van der Waals surface area contributed by atoms with Crippen molar-refractivity contribution in [2.75, 3.05) is 0 Å². The molecule has 0 aliphatic carbocycles. The first kappa shape index (κ1) is 28.5. The lowest BCUT2D eigenvalue weighted by atomic mass is 9.94. The summed E-state index contributed by atoms with van der Waals surface area (Å²) in [6.45, 7) is 0. The molecule has 2 aromatic heterocycles. The van der Waals surface area contributed by atoms with Crippen molar-refractivity contribution in [1.82, 2.24) is 15.0 Å².